The minimum absolute atomic E-state index is 0.140. The zero-order valence-corrected chi connectivity index (χ0v) is 10.9. The van der Waals surface area contributed by atoms with E-state index in [0.29, 0.717) is 23.5 Å². The molecule has 1 unspecified atom stereocenters. The van der Waals surface area contributed by atoms with Crippen LogP contribution < -0.4 is 9.47 Å². The van der Waals surface area contributed by atoms with Crippen molar-refractivity contribution in [3.8, 4) is 11.5 Å². The van der Waals surface area contributed by atoms with Crippen LogP contribution in [0.1, 0.15) is 41.6 Å². The summed E-state index contributed by atoms with van der Waals surface area (Å²) in [6.45, 7) is 3.98. The molecule has 17 heavy (non-hydrogen) atoms. The Morgan fingerprint density at radius 2 is 2.24 bits per heavy atom. The Balaban J connectivity index is 2.53. The number of benzene rings is 1. The van der Waals surface area contributed by atoms with E-state index in [-0.39, 0.29) is 11.0 Å². The predicted octanol–water partition coefficient (Wildman–Crippen LogP) is 3.35. The fraction of sp³-hybridized carbons (Fsp3) is 0.462. The molecule has 4 heteroatoms. The molecule has 92 valence electrons. The van der Waals surface area contributed by atoms with E-state index < -0.39 is 0 Å². The normalized spacial score (nSPS) is 21.3. The molecule has 2 rings (SSSR count). The largest absolute Gasteiger partial charge is 0.496 e. The molecule has 1 aromatic rings. The van der Waals surface area contributed by atoms with E-state index in [1.165, 1.54) is 7.11 Å². The van der Waals surface area contributed by atoms with Crippen LogP contribution in [-0.4, -0.2) is 19.0 Å². The van der Waals surface area contributed by atoms with Crippen LogP contribution in [0.4, 0.5) is 0 Å². The average Bonchev–Trinajstić information content (AvgIpc) is 2.26. The van der Waals surface area contributed by atoms with E-state index in [1.807, 2.05) is 13.8 Å². The standard InChI is InChI=1S/C13H15ClO3/c1-13(2)6-10(14)9-4-8(7-15)11(16-3)5-12(9)17-13/h4-5,7,10H,6H2,1-3H3. The highest BCUT2D eigenvalue weighted by atomic mass is 35.5. The maximum Gasteiger partial charge on any atom is 0.153 e. The van der Waals surface area contributed by atoms with Gasteiger partial charge < -0.3 is 9.47 Å². The van der Waals surface area contributed by atoms with Gasteiger partial charge in [0.05, 0.1) is 18.1 Å². The number of aldehydes is 1. The predicted molar refractivity (Wildman–Crippen MR) is 66.3 cm³/mol. The maximum atomic E-state index is 10.9. The molecular formula is C13H15ClO3. The van der Waals surface area contributed by atoms with E-state index >= 15 is 0 Å². The maximum absolute atomic E-state index is 10.9. The summed E-state index contributed by atoms with van der Waals surface area (Å²) in [4.78, 5) is 10.9. The third kappa shape index (κ3) is 2.25. The number of alkyl halides is 1. The van der Waals surface area contributed by atoms with E-state index in [0.717, 1.165) is 11.8 Å². The molecule has 3 nitrogen and oxygen atoms in total. The Morgan fingerprint density at radius 3 is 2.82 bits per heavy atom. The third-order valence-electron chi connectivity index (χ3n) is 2.88. The highest BCUT2D eigenvalue weighted by Gasteiger charge is 2.33. The second kappa shape index (κ2) is 4.22. The van der Waals surface area contributed by atoms with E-state index in [2.05, 4.69) is 0 Å². The molecule has 0 fully saturated rings. The lowest BCUT2D eigenvalue weighted by Crippen LogP contribution is -2.33. The molecule has 1 aliphatic rings. The van der Waals surface area contributed by atoms with Crippen LogP contribution in [0.15, 0.2) is 12.1 Å². The minimum atomic E-state index is -0.298. The first kappa shape index (κ1) is 12.2. The lowest BCUT2D eigenvalue weighted by atomic mass is 9.92. The first-order valence-electron chi connectivity index (χ1n) is 5.47. The van der Waals surface area contributed by atoms with E-state index in [1.54, 1.807) is 12.1 Å². The van der Waals surface area contributed by atoms with Gasteiger partial charge >= 0.3 is 0 Å². The zero-order valence-electron chi connectivity index (χ0n) is 10.1. The third-order valence-corrected chi connectivity index (χ3v) is 3.27. The van der Waals surface area contributed by atoms with Crippen molar-refractivity contribution in [1.82, 2.24) is 0 Å². The molecule has 0 saturated heterocycles. The molecule has 0 spiro atoms. The molecule has 0 bridgehead atoms. The molecule has 0 N–H and O–H groups in total. The van der Waals surface area contributed by atoms with Gasteiger partial charge in [-0.05, 0) is 19.9 Å². The van der Waals surface area contributed by atoms with Crippen molar-refractivity contribution in [2.24, 2.45) is 0 Å². The highest BCUT2D eigenvalue weighted by Crippen LogP contribution is 2.45. The van der Waals surface area contributed by atoms with Gasteiger partial charge in [0.1, 0.15) is 17.1 Å². The topological polar surface area (TPSA) is 35.5 Å². The number of carbonyl (C=O) groups excluding carboxylic acids is 1. The summed E-state index contributed by atoms with van der Waals surface area (Å²) >= 11 is 6.32. The fourth-order valence-corrected chi connectivity index (χ4v) is 2.62. The SMILES string of the molecule is COc1cc2c(cc1C=O)C(Cl)CC(C)(C)O2. The van der Waals surface area contributed by atoms with Gasteiger partial charge in [0, 0.05) is 18.1 Å². The number of carbonyl (C=O) groups is 1. The van der Waals surface area contributed by atoms with Gasteiger partial charge in [-0.2, -0.15) is 0 Å². The first-order valence-corrected chi connectivity index (χ1v) is 5.90. The summed E-state index contributed by atoms with van der Waals surface area (Å²) in [7, 11) is 1.53. The number of hydrogen-bond donors (Lipinski definition) is 0. The Kier molecular flexibility index (Phi) is 3.04. The van der Waals surface area contributed by atoms with Crippen LogP contribution in [0.2, 0.25) is 0 Å². The molecule has 1 aliphatic heterocycles. The Morgan fingerprint density at radius 1 is 1.53 bits per heavy atom. The summed E-state index contributed by atoms with van der Waals surface area (Å²) in [6, 6.07) is 3.48. The van der Waals surface area contributed by atoms with Gasteiger partial charge in [-0.1, -0.05) is 0 Å². The number of fused-ring (bicyclic) bond motifs is 1. The van der Waals surface area contributed by atoms with Crippen molar-refractivity contribution in [2.45, 2.75) is 31.2 Å². The van der Waals surface area contributed by atoms with Crippen molar-refractivity contribution in [1.29, 1.82) is 0 Å². The van der Waals surface area contributed by atoms with Gasteiger partial charge in [-0.15, -0.1) is 11.6 Å². The van der Waals surface area contributed by atoms with Crippen LogP contribution in [0.3, 0.4) is 0 Å². The summed E-state index contributed by atoms with van der Waals surface area (Å²) in [5, 5.41) is -0.140. The molecule has 0 radical (unpaired) electrons. The number of ether oxygens (including phenoxy) is 2. The van der Waals surface area contributed by atoms with Crippen molar-refractivity contribution in [2.75, 3.05) is 7.11 Å². The quantitative estimate of drug-likeness (QED) is 0.600. The van der Waals surface area contributed by atoms with Crippen molar-refractivity contribution < 1.29 is 14.3 Å². The summed E-state index contributed by atoms with van der Waals surface area (Å²) < 4.78 is 11.0. The van der Waals surface area contributed by atoms with E-state index in [4.69, 9.17) is 21.1 Å². The molecule has 0 amide bonds. The number of halogens is 1. The van der Waals surface area contributed by atoms with Crippen LogP contribution in [-0.2, 0) is 0 Å². The van der Waals surface area contributed by atoms with Crippen LogP contribution in [0, 0.1) is 0 Å². The molecule has 0 aromatic heterocycles. The zero-order chi connectivity index (χ0) is 12.6. The number of rotatable bonds is 2. The van der Waals surface area contributed by atoms with Crippen LogP contribution in [0.5, 0.6) is 11.5 Å². The van der Waals surface area contributed by atoms with Crippen molar-refractivity contribution in [3.05, 3.63) is 23.3 Å². The first-order chi connectivity index (χ1) is 7.96. The van der Waals surface area contributed by atoms with Gasteiger partial charge in [0.25, 0.3) is 0 Å². The molecule has 1 heterocycles. The average molecular weight is 255 g/mol. The second-order valence-electron chi connectivity index (χ2n) is 4.78. The Labute approximate surface area is 106 Å². The van der Waals surface area contributed by atoms with Crippen LogP contribution in [0.25, 0.3) is 0 Å². The van der Waals surface area contributed by atoms with E-state index in [9.17, 15) is 4.79 Å². The van der Waals surface area contributed by atoms with Crippen LogP contribution >= 0.6 is 11.6 Å². The van der Waals surface area contributed by atoms with Gasteiger partial charge in [-0.3, -0.25) is 4.79 Å². The number of hydrogen-bond acceptors (Lipinski definition) is 3. The second-order valence-corrected chi connectivity index (χ2v) is 5.31. The molecular weight excluding hydrogens is 240 g/mol. The summed E-state index contributed by atoms with van der Waals surface area (Å²) in [6.07, 6.45) is 1.48. The van der Waals surface area contributed by atoms with Gasteiger partial charge in [0.15, 0.2) is 6.29 Å². The fourth-order valence-electron chi connectivity index (χ4n) is 2.08. The smallest absolute Gasteiger partial charge is 0.153 e. The van der Waals surface area contributed by atoms with Crippen molar-refractivity contribution in [3.63, 3.8) is 0 Å². The minimum Gasteiger partial charge on any atom is -0.496 e. The molecule has 1 atom stereocenters. The number of methoxy groups -OCH3 is 1. The van der Waals surface area contributed by atoms with Gasteiger partial charge in [0.2, 0.25) is 0 Å². The monoisotopic (exact) mass is 254 g/mol. The summed E-state index contributed by atoms with van der Waals surface area (Å²) in [5.41, 5.74) is 1.06. The lowest BCUT2D eigenvalue weighted by molar-refractivity contribution is 0.0821. The molecule has 0 aliphatic carbocycles. The highest BCUT2D eigenvalue weighted by molar-refractivity contribution is 6.21. The Hall–Kier alpha value is -1.22. The van der Waals surface area contributed by atoms with Crippen molar-refractivity contribution >= 4 is 17.9 Å². The summed E-state index contributed by atoms with van der Waals surface area (Å²) in [5.74, 6) is 1.21. The molecule has 1 aromatic carbocycles. The lowest BCUT2D eigenvalue weighted by Gasteiger charge is -2.35. The Bertz CT molecular complexity index is 454. The van der Waals surface area contributed by atoms with Gasteiger partial charge in [-0.25, -0.2) is 0 Å². The molecule has 0 saturated carbocycles.